The fraction of sp³-hybridized carbons (Fsp3) is 0.467. The third-order valence-electron chi connectivity index (χ3n) is 3.69. The number of hydrogen-bond donors (Lipinski definition) is 0. The van der Waals surface area contributed by atoms with Crippen LogP contribution < -0.4 is 0 Å². The lowest BCUT2D eigenvalue weighted by molar-refractivity contribution is -0.154. The molecule has 0 aliphatic carbocycles. The summed E-state index contributed by atoms with van der Waals surface area (Å²) in [5, 5.41) is 0.218. The van der Waals surface area contributed by atoms with E-state index in [0.717, 1.165) is 12.8 Å². The quantitative estimate of drug-likeness (QED) is 0.806. The van der Waals surface area contributed by atoms with Gasteiger partial charge in [0.1, 0.15) is 11.9 Å². The molecule has 1 heterocycles. The van der Waals surface area contributed by atoms with Crippen molar-refractivity contribution in [2.45, 2.75) is 31.7 Å². The van der Waals surface area contributed by atoms with E-state index < -0.39 is 17.8 Å². The van der Waals surface area contributed by atoms with Gasteiger partial charge < -0.3 is 9.64 Å². The number of rotatable bonds is 3. The van der Waals surface area contributed by atoms with Gasteiger partial charge >= 0.3 is 5.97 Å². The van der Waals surface area contributed by atoms with Gasteiger partial charge in [-0.3, -0.25) is 4.79 Å². The maximum absolute atomic E-state index is 13.8. The van der Waals surface area contributed by atoms with Crippen LogP contribution in [0, 0.1) is 5.82 Å². The molecule has 1 aliphatic rings. The van der Waals surface area contributed by atoms with Crippen molar-refractivity contribution < 1.29 is 18.7 Å². The number of ether oxygens (including phenoxy) is 1. The zero-order valence-electron chi connectivity index (χ0n) is 11.8. The molecule has 1 fully saturated rings. The van der Waals surface area contributed by atoms with E-state index in [2.05, 4.69) is 0 Å². The van der Waals surface area contributed by atoms with Gasteiger partial charge in [-0.1, -0.05) is 17.7 Å². The van der Waals surface area contributed by atoms with E-state index in [9.17, 15) is 14.0 Å². The molecule has 0 aromatic heterocycles. The van der Waals surface area contributed by atoms with Crippen LogP contribution in [0.25, 0.3) is 0 Å². The van der Waals surface area contributed by atoms with Crippen molar-refractivity contribution in [1.29, 1.82) is 0 Å². The monoisotopic (exact) mass is 313 g/mol. The van der Waals surface area contributed by atoms with Crippen LogP contribution in [0.2, 0.25) is 5.02 Å². The van der Waals surface area contributed by atoms with Crippen LogP contribution in [0.3, 0.4) is 0 Å². The van der Waals surface area contributed by atoms with Crippen molar-refractivity contribution in [3.05, 3.63) is 34.6 Å². The Balaban J connectivity index is 2.16. The first-order chi connectivity index (χ1) is 10.0. The molecule has 1 aliphatic heterocycles. The number of piperidine rings is 1. The molecule has 0 bridgehead atoms. The van der Waals surface area contributed by atoms with Gasteiger partial charge in [-0.15, -0.1) is 0 Å². The number of amides is 1. The Hall–Kier alpha value is -1.62. The number of halogens is 2. The fourth-order valence-electron chi connectivity index (χ4n) is 2.57. The fourth-order valence-corrected chi connectivity index (χ4v) is 2.79. The highest BCUT2D eigenvalue weighted by atomic mass is 35.5. The third kappa shape index (κ3) is 3.53. The number of likely N-dealkylation sites (tertiary alicyclic amines) is 1. The standard InChI is InChI=1S/C15H17ClFNO3/c1-21-15(20)13-7-2-3-8-18(13)14(19)9-10-11(16)5-4-6-12(10)17/h4-6,13H,2-3,7-9H2,1H3/t13-/m1/s1. The predicted molar refractivity (Wildman–Crippen MR) is 76.5 cm³/mol. The second-order valence-corrected chi connectivity index (χ2v) is 5.41. The Morgan fingerprint density at radius 3 is 2.86 bits per heavy atom. The summed E-state index contributed by atoms with van der Waals surface area (Å²) < 4.78 is 18.5. The van der Waals surface area contributed by atoms with Gasteiger partial charge in [0.05, 0.1) is 13.5 Å². The van der Waals surface area contributed by atoms with E-state index in [-0.39, 0.29) is 22.9 Å². The Kier molecular flexibility index (Phi) is 5.17. The molecule has 0 radical (unpaired) electrons. The number of esters is 1. The average Bonchev–Trinajstić information content (AvgIpc) is 2.50. The van der Waals surface area contributed by atoms with Crippen molar-refractivity contribution in [3.8, 4) is 0 Å². The van der Waals surface area contributed by atoms with Crippen LogP contribution in [0.5, 0.6) is 0 Å². The number of hydrogen-bond acceptors (Lipinski definition) is 3. The molecule has 6 heteroatoms. The summed E-state index contributed by atoms with van der Waals surface area (Å²) in [5.74, 6) is -1.25. The lowest BCUT2D eigenvalue weighted by Crippen LogP contribution is -2.49. The predicted octanol–water partition coefficient (Wildman–Crippen LogP) is 2.58. The van der Waals surface area contributed by atoms with E-state index in [1.165, 1.54) is 24.1 Å². The van der Waals surface area contributed by atoms with Gasteiger partial charge in [0.2, 0.25) is 5.91 Å². The zero-order chi connectivity index (χ0) is 15.4. The van der Waals surface area contributed by atoms with Crippen LogP contribution in [0.1, 0.15) is 24.8 Å². The van der Waals surface area contributed by atoms with Crippen molar-refractivity contribution in [3.63, 3.8) is 0 Å². The molecular weight excluding hydrogens is 297 g/mol. The minimum atomic E-state index is -0.582. The second-order valence-electron chi connectivity index (χ2n) is 5.00. The maximum atomic E-state index is 13.8. The van der Waals surface area contributed by atoms with Crippen molar-refractivity contribution >= 4 is 23.5 Å². The van der Waals surface area contributed by atoms with Crippen LogP contribution in [-0.4, -0.2) is 36.5 Å². The smallest absolute Gasteiger partial charge is 0.328 e. The highest BCUT2D eigenvalue weighted by molar-refractivity contribution is 6.31. The summed E-state index contributed by atoms with van der Waals surface area (Å²) in [6.45, 7) is 0.477. The molecule has 1 amide bonds. The molecule has 1 aromatic carbocycles. The first kappa shape index (κ1) is 15.8. The second kappa shape index (κ2) is 6.89. The topological polar surface area (TPSA) is 46.6 Å². The average molecular weight is 314 g/mol. The molecule has 1 atom stereocenters. The molecule has 21 heavy (non-hydrogen) atoms. The first-order valence-corrected chi connectivity index (χ1v) is 7.22. The van der Waals surface area contributed by atoms with E-state index >= 15 is 0 Å². The molecule has 2 rings (SSSR count). The Labute approximate surface area is 127 Å². The van der Waals surface area contributed by atoms with E-state index in [1.807, 2.05) is 0 Å². The summed E-state index contributed by atoms with van der Waals surface area (Å²) in [7, 11) is 1.30. The van der Waals surface area contributed by atoms with Crippen LogP contribution >= 0.6 is 11.6 Å². The van der Waals surface area contributed by atoms with Crippen LogP contribution in [0.15, 0.2) is 18.2 Å². The largest absolute Gasteiger partial charge is 0.467 e. The minimum Gasteiger partial charge on any atom is -0.467 e. The summed E-state index contributed by atoms with van der Waals surface area (Å²) in [6, 6.07) is 3.72. The number of carbonyl (C=O) groups is 2. The van der Waals surface area contributed by atoms with Crippen LogP contribution in [0.4, 0.5) is 4.39 Å². The summed E-state index contributed by atoms with van der Waals surface area (Å²) in [5.41, 5.74) is 0.165. The van der Waals surface area contributed by atoms with E-state index in [4.69, 9.17) is 16.3 Å². The van der Waals surface area contributed by atoms with E-state index in [1.54, 1.807) is 6.07 Å². The van der Waals surface area contributed by atoms with Crippen molar-refractivity contribution in [1.82, 2.24) is 4.90 Å². The lowest BCUT2D eigenvalue weighted by atomic mass is 10.0. The summed E-state index contributed by atoms with van der Waals surface area (Å²) in [6.07, 6.45) is 2.11. The highest BCUT2D eigenvalue weighted by Gasteiger charge is 2.33. The van der Waals surface area contributed by atoms with Gasteiger partial charge in [-0.25, -0.2) is 9.18 Å². The van der Waals surface area contributed by atoms with Crippen molar-refractivity contribution in [2.75, 3.05) is 13.7 Å². The number of nitrogens with zero attached hydrogens (tertiary/aromatic N) is 1. The summed E-state index contributed by atoms with van der Waals surface area (Å²) >= 11 is 5.94. The number of methoxy groups -OCH3 is 1. The number of carbonyl (C=O) groups excluding carboxylic acids is 2. The molecule has 0 spiro atoms. The van der Waals surface area contributed by atoms with Gasteiger partial charge in [0.15, 0.2) is 0 Å². The summed E-state index contributed by atoms with van der Waals surface area (Å²) in [4.78, 5) is 25.6. The Morgan fingerprint density at radius 1 is 1.43 bits per heavy atom. The van der Waals surface area contributed by atoms with Gasteiger partial charge in [-0.05, 0) is 31.4 Å². The molecular formula is C15H17ClFNO3. The molecule has 0 unspecified atom stereocenters. The molecule has 0 saturated carbocycles. The first-order valence-electron chi connectivity index (χ1n) is 6.84. The minimum absolute atomic E-state index is 0.154. The normalized spacial score (nSPS) is 18.4. The van der Waals surface area contributed by atoms with Gasteiger partial charge in [-0.2, -0.15) is 0 Å². The zero-order valence-corrected chi connectivity index (χ0v) is 12.5. The third-order valence-corrected chi connectivity index (χ3v) is 4.04. The SMILES string of the molecule is COC(=O)[C@H]1CCCCN1C(=O)Cc1c(F)cccc1Cl. The van der Waals surface area contributed by atoms with Gasteiger partial charge in [0.25, 0.3) is 0 Å². The molecule has 4 nitrogen and oxygen atoms in total. The maximum Gasteiger partial charge on any atom is 0.328 e. The highest BCUT2D eigenvalue weighted by Crippen LogP contribution is 2.23. The Morgan fingerprint density at radius 2 is 2.19 bits per heavy atom. The number of benzene rings is 1. The molecule has 114 valence electrons. The molecule has 1 saturated heterocycles. The van der Waals surface area contributed by atoms with Crippen molar-refractivity contribution in [2.24, 2.45) is 0 Å². The lowest BCUT2D eigenvalue weighted by Gasteiger charge is -2.34. The Bertz CT molecular complexity index is 529. The molecule has 0 N–H and O–H groups in total. The van der Waals surface area contributed by atoms with Crippen LogP contribution in [-0.2, 0) is 20.7 Å². The van der Waals surface area contributed by atoms with E-state index in [0.29, 0.717) is 13.0 Å². The molecule has 1 aromatic rings. The van der Waals surface area contributed by atoms with Gasteiger partial charge in [0, 0.05) is 17.1 Å².